The smallest absolute Gasteiger partial charge is 0.259 e. The molecule has 2 amide bonds. The molecule has 2 aliphatic rings. The van der Waals surface area contributed by atoms with Crippen molar-refractivity contribution in [2.24, 2.45) is 0 Å². The molecule has 0 bridgehead atoms. The first-order chi connectivity index (χ1) is 16.2. The van der Waals surface area contributed by atoms with Gasteiger partial charge in [-0.05, 0) is 77.8 Å². The van der Waals surface area contributed by atoms with Crippen molar-refractivity contribution in [1.82, 2.24) is 19.7 Å². The van der Waals surface area contributed by atoms with Crippen molar-refractivity contribution in [3.63, 3.8) is 0 Å². The summed E-state index contributed by atoms with van der Waals surface area (Å²) in [4.78, 5) is 37.9. The zero-order valence-electron chi connectivity index (χ0n) is 21.2. The van der Waals surface area contributed by atoms with Crippen molar-refractivity contribution in [1.29, 1.82) is 0 Å². The molecule has 0 radical (unpaired) electrons. The monoisotopic (exact) mass is 503 g/mol. The number of aryl methyl sites for hydroxylation is 1. The fraction of sp³-hybridized carbons (Fsp3) is 0.462. The molecule has 0 atom stereocenters. The molecular formula is C26H35ClFN5O2. The molecule has 7 nitrogen and oxygen atoms in total. The number of halogens is 2. The number of rotatable bonds is 6. The van der Waals surface area contributed by atoms with Crippen LogP contribution in [0.25, 0.3) is 11.6 Å². The average molecular weight is 504 g/mol. The number of anilines is 1. The second-order valence-corrected chi connectivity index (χ2v) is 9.59. The van der Waals surface area contributed by atoms with E-state index in [0.29, 0.717) is 42.0 Å². The number of hydrogen-bond acceptors (Lipinski definition) is 4. The number of likely N-dealkylation sites (N-methyl/N-ethyl adjacent to an activating group) is 1. The zero-order chi connectivity index (χ0) is 24.6. The first kappa shape index (κ1) is 26.9. The molecule has 1 N–H and O–H groups in total. The molecule has 2 aromatic rings. The van der Waals surface area contributed by atoms with E-state index in [2.05, 4.69) is 21.8 Å². The summed E-state index contributed by atoms with van der Waals surface area (Å²) < 4.78 is 14.1. The molecule has 0 saturated carbocycles. The highest BCUT2D eigenvalue weighted by Crippen LogP contribution is 2.39. The first-order valence-corrected chi connectivity index (χ1v) is 11.8. The van der Waals surface area contributed by atoms with Crippen molar-refractivity contribution in [3.8, 4) is 0 Å². The lowest BCUT2D eigenvalue weighted by Gasteiger charge is -2.32. The molecule has 0 unspecified atom stereocenters. The van der Waals surface area contributed by atoms with E-state index in [1.54, 1.807) is 17.0 Å². The van der Waals surface area contributed by atoms with Gasteiger partial charge in [-0.2, -0.15) is 0 Å². The van der Waals surface area contributed by atoms with Crippen molar-refractivity contribution in [3.05, 3.63) is 52.1 Å². The van der Waals surface area contributed by atoms with E-state index < -0.39 is 0 Å². The van der Waals surface area contributed by atoms with Gasteiger partial charge >= 0.3 is 0 Å². The van der Waals surface area contributed by atoms with Gasteiger partial charge in [0.05, 0.1) is 16.8 Å². The summed E-state index contributed by atoms with van der Waals surface area (Å²) in [6.07, 6.45) is 2.59. The number of carbonyl (C=O) groups excluding carboxylic acids is 2. The van der Waals surface area contributed by atoms with E-state index in [-0.39, 0.29) is 30.0 Å². The predicted octanol–water partition coefficient (Wildman–Crippen LogP) is 3.42. The van der Waals surface area contributed by atoms with Crippen LogP contribution >= 0.6 is 12.4 Å². The van der Waals surface area contributed by atoms with Gasteiger partial charge in [-0.15, -0.1) is 12.4 Å². The summed E-state index contributed by atoms with van der Waals surface area (Å²) in [5.74, 6) is -0.505. The predicted molar refractivity (Wildman–Crippen MR) is 141 cm³/mol. The third kappa shape index (κ3) is 5.44. The number of benzene rings is 1. The Morgan fingerprint density at radius 1 is 1.17 bits per heavy atom. The molecule has 2 aliphatic heterocycles. The third-order valence-electron chi connectivity index (χ3n) is 6.77. The Kier molecular flexibility index (Phi) is 8.41. The topological polar surface area (TPSA) is 62.9 Å². The minimum Gasteiger partial charge on any atom is -0.358 e. The van der Waals surface area contributed by atoms with Gasteiger partial charge in [0.25, 0.3) is 11.8 Å². The minimum absolute atomic E-state index is 0. The van der Waals surface area contributed by atoms with Crippen molar-refractivity contribution in [2.75, 3.05) is 65.3 Å². The van der Waals surface area contributed by atoms with Crippen molar-refractivity contribution < 1.29 is 14.0 Å². The quantitative estimate of drug-likeness (QED) is 0.614. The zero-order valence-corrected chi connectivity index (χ0v) is 22.0. The van der Waals surface area contributed by atoms with E-state index in [1.165, 1.54) is 12.1 Å². The molecule has 1 aromatic carbocycles. The molecule has 1 fully saturated rings. The van der Waals surface area contributed by atoms with Gasteiger partial charge in [-0.3, -0.25) is 9.59 Å². The van der Waals surface area contributed by atoms with Gasteiger partial charge in [0.15, 0.2) is 0 Å². The normalized spacial score (nSPS) is 17.3. The van der Waals surface area contributed by atoms with Crippen LogP contribution in [0.3, 0.4) is 0 Å². The lowest BCUT2D eigenvalue weighted by Crippen LogP contribution is -2.47. The highest BCUT2D eigenvalue weighted by Gasteiger charge is 2.33. The highest BCUT2D eigenvalue weighted by molar-refractivity contribution is 6.35. The van der Waals surface area contributed by atoms with Gasteiger partial charge < -0.3 is 24.6 Å². The van der Waals surface area contributed by atoms with Crippen molar-refractivity contribution in [2.45, 2.75) is 20.3 Å². The summed E-state index contributed by atoms with van der Waals surface area (Å²) in [7, 11) is 6.05. The number of aromatic nitrogens is 1. The Morgan fingerprint density at radius 2 is 1.86 bits per heavy atom. The molecule has 190 valence electrons. The van der Waals surface area contributed by atoms with E-state index in [0.717, 1.165) is 43.0 Å². The van der Waals surface area contributed by atoms with Crippen LogP contribution in [0.1, 0.15) is 39.3 Å². The van der Waals surface area contributed by atoms with E-state index in [1.807, 2.05) is 32.8 Å². The lowest BCUT2D eigenvalue weighted by molar-refractivity contribution is -0.113. The SMILES string of the molecule is Cc1[nH]c(/C=C2\C(=O)N(CCCN(C)C)c3ccc(F)cc32)c(C)c1C(=O)N1CCN(C)CC1.Cl. The van der Waals surface area contributed by atoms with E-state index in [9.17, 15) is 14.0 Å². The Morgan fingerprint density at radius 3 is 2.51 bits per heavy atom. The first-order valence-electron chi connectivity index (χ1n) is 11.8. The molecule has 3 heterocycles. The number of nitrogens with zero attached hydrogens (tertiary/aromatic N) is 4. The number of aromatic amines is 1. The van der Waals surface area contributed by atoms with Gasteiger partial charge in [0.2, 0.25) is 0 Å². The van der Waals surface area contributed by atoms with Gasteiger partial charge in [0.1, 0.15) is 5.82 Å². The van der Waals surface area contributed by atoms with E-state index >= 15 is 0 Å². The molecule has 1 aromatic heterocycles. The van der Waals surface area contributed by atoms with Crippen LogP contribution in [0.4, 0.5) is 10.1 Å². The second-order valence-electron chi connectivity index (χ2n) is 9.59. The number of fused-ring (bicyclic) bond motifs is 1. The Balaban J connectivity index is 0.00000342. The number of piperazine rings is 1. The molecule has 4 rings (SSSR count). The average Bonchev–Trinajstić information content (AvgIpc) is 3.21. The summed E-state index contributed by atoms with van der Waals surface area (Å²) in [6, 6.07) is 4.49. The maximum Gasteiger partial charge on any atom is 0.259 e. The maximum atomic E-state index is 14.1. The van der Waals surface area contributed by atoms with Crippen LogP contribution in [0.2, 0.25) is 0 Å². The van der Waals surface area contributed by atoms with Crippen molar-refractivity contribution >= 4 is 41.6 Å². The molecular weight excluding hydrogens is 469 g/mol. The minimum atomic E-state index is -0.377. The number of carbonyl (C=O) groups is 2. The fourth-order valence-corrected chi connectivity index (χ4v) is 4.79. The summed E-state index contributed by atoms with van der Waals surface area (Å²) in [6.45, 7) is 8.30. The fourth-order valence-electron chi connectivity index (χ4n) is 4.79. The number of hydrogen-bond donors (Lipinski definition) is 1. The summed E-state index contributed by atoms with van der Waals surface area (Å²) in [5.41, 5.74) is 4.72. The molecule has 0 spiro atoms. The van der Waals surface area contributed by atoms with Crippen LogP contribution in [-0.2, 0) is 4.79 Å². The van der Waals surface area contributed by atoms with Crippen LogP contribution < -0.4 is 4.90 Å². The van der Waals surface area contributed by atoms with E-state index in [4.69, 9.17) is 0 Å². The Labute approximate surface area is 213 Å². The Bertz CT molecular complexity index is 1140. The van der Waals surface area contributed by atoms with Crippen LogP contribution in [0.15, 0.2) is 18.2 Å². The summed E-state index contributed by atoms with van der Waals surface area (Å²) in [5, 5.41) is 0. The van der Waals surface area contributed by atoms with Crippen LogP contribution in [0, 0.1) is 19.7 Å². The lowest BCUT2D eigenvalue weighted by atomic mass is 10.0. The van der Waals surface area contributed by atoms with Crippen LogP contribution in [-0.4, -0.2) is 91.9 Å². The standard InChI is InChI=1S/C26H34FN5O2.ClH/c1-17-22(28-18(2)24(17)26(34)31-13-11-30(5)12-14-31)16-21-20-15-19(27)7-8-23(20)32(25(21)33)10-6-9-29(3)4;/h7-8,15-16,28H,6,9-14H2,1-5H3;1H/b21-16-;. The number of H-pyrrole nitrogens is 1. The molecule has 35 heavy (non-hydrogen) atoms. The molecule has 9 heteroatoms. The number of amides is 2. The highest BCUT2D eigenvalue weighted by atomic mass is 35.5. The molecule has 1 saturated heterocycles. The van der Waals surface area contributed by atoms with Gasteiger partial charge in [-0.25, -0.2) is 4.39 Å². The molecule has 0 aliphatic carbocycles. The second kappa shape index (κ2) is 10.9. The Hall–Kier alpha value is -2.68. The van der Waals surface area contributed by atoms with Crippen LogP contribution in [0.5, 0.6) is 0 Å². The summed E-state index contributed by atoms with van der Waals surface area (Å²) >= 11 is 0. The third-order valence-corrected chi connectivity index (χ3v) is 6.77. The maximum absolute atomic E-state index is 14.1. The largest absolute Gasteiger partial charge is 0.358 e. The van der Waals surface area contributed by atoms with Gasteiger partial charge in [0, 0.05) is 49.7 Å². The number of nitrogens with one attached hydrogen (secondary N) is 1. The van der Waals surface area contributed by atoms with Gasteiger partial charge in [-0.1, -0.05) is 0 Å².